The molecule has 1 aliphatic rings. The summed E-state index contributed by atoms with van der Waals surface area (Å²) >= 11 is 5.90. The Balaban J connectivity index is 2.34. The van der Waals surface area contributed by atoms with Crippen LogP contribution in [-0.2, 0) is 0 Å². The van der Waals surface area contributed by atoms with Crippen LogP contribution in [0.5, 0.6) is 5.75 Å². The highest BCUT2D eigenvalue weighted by molar-refractivity contribution is 6.30. The molecule has 0 fully saturated rings. The van der Waals surface area contributed by atoms with Gasteiger partial charge in [-0.25, -0.2) is 0 Å². The predicted octanol–water partition coefficient (Wildman–Crippen LogP) is 3.57. The second-order valence-corrected chi connectivity index (χ2v) is 5.84. The van der Waals surface area contributed by atoms with Gasteiger partial charge in [0.25, 0.3) is 0 Å². The van der Waals surface area contributed by atoms with Crippen molar-refractivity contribution in [3.05, 3.63) is 28.8 Å². The summed E-state index contributed by atoms with van der Waals surface area (Å²) < 4.78 is 5.90. The number of hydrogen-bond donors (Lipinski definition) is 1. The minimum absolute atomic E-state index is 0.0261. The standard InChI is InChI=1S/C13H17ClO2/c1-13(2,3)12-7-10(15)9-6-8(14)4-5-11(9)16-12/h4-6,10,12,15H,7H2,1-3H3. The molecule has 0 saturated carbocycles. The predicted molar refractivity (Wildman–Crippen MR) is 64.9 cm³/mol. The number of hydrogen-bond acceptors (Lipinski definition) is 2. The fourth-order valence-electron chi connectivity index (χ4n) is 1.95. The van der Waals surface area contributed by atoms with E-state index in [2.05, 4.69) is 20.8 Å². The molecule has 0 aliphatic carbocycles. The molecule has 1 heterocycles. The van der Waals surface area contributed by atoms with Crippen LogP contribution in [0.25, 0.3) is 0 Å². The maximum absolute atomic E-state index is 10.1. The Bertz CT molecular complexity index is 395. The van der Waals surface area contributed by atoms with Crippen LogP contribution in [0.15, 0.2) is 18.2 Å². The van der Waals surface area contributed by atoms with Gasteiger partial charge in [-0.1, -0.05) is 32.4 Å². The maximum atomic E-state index is 10.1. The van der Waals surface area contributed by atoms with Gasteiger partial charge in [-0.3, -0.25) is 0 Å². The van der Waals surface area contributed by atoms with E-state index >= 15 is 0 Å². The van der Waals surface area contributed by atoms with Crippen molar-refractivity contribution in [2.75, 3.05) is 0 Å². The number of ether oxygens (including phenoxy) is 1. The van der Waals surface area contributed by atoms with Gasteiger partial charge >= 0.3 is 0 Å². The van der Waals surface area contributed by atoms with Crippen LogP contribution >= 0.6 is 11.6 Å². The molecule has 0 bridgehead atoms. The van der Waals surface area contributed by atoms with Gasteiger partial charge in [0.2, 0.25) is 0 Å². The average molecular weight is 241 g/mol. The summed E-state index contributed by atoms with van der Waals surface area (Å²) in [6, 6.07) is 5.40. The number of aliphatic hydroxyl groups is 1. The summed E-state index contributed by atoms with van der Waals surface area (Å²) in [7, 11) is 0. The van der Waals surface area contributed by atoms with E-state index in [0.29, 0.717) is 11.4 Å². The summed E-state index contributed by atoms with van der Waals surface area (Å²) in [5.41, 5.74) is 0.825. The Labute approximate surface area is 101 Å². The summed E-state index contributed by atoms with van der Waals surface area (Å²) in [4.78, 5) is 0. The Kier molecular flexibility index (Phi) is 2.89. The molecule has 0 amide bonds. The number of halogens is 1. The molecule has 16 heavy (non-hydrogen) atoms. The average Bonchev–Trinajstić information content (AvgIpc) is 2.17. The van der Waals surface area contributed by atoms with E-state index in [4.69, 9.17) is 16.3 Å². The summed E-state index contributed by atoms with van der Waals surface area (Å²) in [5, 5.41) is 10.7. The van der Waals surface area contributed by atoms with E-state index in [1.165, 1.54) is 0 Å². The normalized spacial score (nSPS) is 24.8. The summed E-state index contributed by atoms with van der Waals surface area (Å²) in [6.07, 6.45) is 0.180. The van der Waals surface area contributed by atoms with Gasteiger partial charge < -0.3 is 9.84 Å². The molecular weight excluding hydrogens is 224 g/mol. The Morgan fingerprint density at radius 1 is 1.38 bits per heavy atom. The third-order valence-corrected chi connectivity index (χ3v) is 3.24. The number of benzene rings is 1. The quantitative estimate of drug-likeness (QED) is 0.751. The number of aliphatic hydroxyl groups excluding tert-OH is 1. The molecule has 2 unspecified atom stereocenters. The van der Waals surface area contributed by atoms with Crippen molar-refractivity contribution < 1.29 is 9.84 Å². The molecule has 1 aromatic carbocycles. The number of rotatable bonds is 0. The van der Waals surface area contributed by atoms with Gasteiger partial charge in [-0.2, -0.15) is 0 Å². The molecule has 0 saturated heterocycles. The van der Waals surface area contributed by atoms with Crippen molar-refractivity contribution in [3.63, 3.8) is 0 Å². The lowest BCUT2D eigenvalue weighted by molar-refractivity contribution is 0.00803. The Morgan fingerprint density at radius 2 is 2.06 bits per heavy atom. The molecule has 1 N–H and O–H groups in total. The maximum Gasteiger partial charge on any atom is 0.125 e. The van der Waals surface area contributed by atoms with E-state index < -0.39 is 6.10 Å². The lowest BCUT2D eigenvalue weighted by Gasteiger charge is -2.37. The van der Waals surface area contributed by atoms with Crippen LogP contribution < -0.4 is 4.74 Å². The van der Waals surface area contributed by atoms with E-state index in [0.717, 1.165) is 11.3 Å². The fraction of sp³-hybridized carbons (Fsp3) is 0.538. The van der Waals surface area contributed by atoms with E-state index in [1.54, 1.807) is 12.1 Å². The van der Waals surface area contributed by atoms with E-state index in [1.807, 2.05) is 6.07 Å². The molecular formula is C13H17ClO2. The molecule has 88 valence electrons. The van der Waals surface area contributed by atoms with Crippen molar-refractivity contribution >= 4 is 11.6 Å². The summed E-state index contributed by atoms with van der Waals surface area (Å²) in [5.74, 6) is 0.753. The minimum Gasteiger partial charge on any atom is -0.489 e. The van der Waals surface area contributed by atoms with Crippen LogP contribution in [0.1, 0.15) is 38.9 Å². The van der Waals surface area contributed by atoms with Crippen molar-refractivity contribution in [3.8, 4) is 5.75 Å². The second-order valence-electron chi connectivity index (χ2n) is 5.41. The van der Waals surface area contributed by atoms with Gasteiger partial charge in [-0.05, 0) is 23.6 Å². The van der Waals surface area contributed by atoms with Crippen molar-refractivity contribution in [2.24, 2.45) is 5.41 Å². The minimum atomic E-state index is -0.480. The zero-order valence-corrected chi connectivity index (χ0v) is 10.6. The monoisotopic (exact) mass is 240 g/mol. The first-order valence-corrected chi connectivity index (χ1v) is 5.90. The van der Waals surface area contributed by atoms with Gasteiger partial charge in [0.15, 0.2) is 0 Å². The highest BCUT2D eigenvalue weighted by atomic mass is 35.5. The molecule has 0 spiro atoms. The first-order valence-electron chi connectivity index (χ1n) is 5.52. The molecule has 2 atom stereocenters. The van der Waals surface area contributed by atoms with Crippen LogP contribution in [0, 0.1) is 5.41 Å². The van der Waals surface area contributed by atoms with E-state index in [-0.39, 0.29) is 11.5 Å². The first kappa shape index (κ1) is 11.7. The summed E-state index contributed by atoms with van der Waals surface area (Å²) in [6.45, 7) is 6.35. The van der Waals surface area contributed by atoms with Crippen LogP contribution in [-0.4, -0.2) is 11.2 Å². The first-order chi connectivity index (χ1) is 7.38. The van der Waals surface area contributed by atoms with Crippen LogP contribution in [0.2, 0.25) is 5.02 Å². The Morgan fingerprint density at radius 3 is 2.69 bits per heavy atom. The van der Waals surface area contributed by atoms with Gasteiger partial charge in [0.05, 0.1) is 6.10 Å². The third-order valence-electron chi connectivity index (χ3n) is 3.00. The lowest BCUT2D eigenvalue weighted by Crippen LogP contribution is -2.36. The fourth-order valence-corrected chi connectivity index (χ4v) is 2.13. The van der Waals surface area contributed by atoms with Crippen LogP contribution in [0.4, 0.5) is 0 Å². The number of fused-ring (bicyclic) bond motifs is 1. The van der Waals surface area contributed by atoms with Crippen LogP contribution in [0.3, 0.4) is 0 Å². The lowest BCUT2D eigenvalue weighted by atomic mass is 9.83. The van der Waals surface area contributed by atoms with E-state index in [9.17, 15) is 5.11 Å². The van der Waals surface area contributed by atoms with Gasteiger partial charge in [0.1, 0.15) is 11.9 Å². The second kappa shape index (κ2) is 3.94. The molecule has 2 nitrogen and oxygen atoms in total. The largest absolute Gasteiger partial charge is 0.489 e. The molecule has 1 aliphatic heterocycles. The van der Waals surface area contributed by atoms with Crippen molar-refractivity contribution in [1.82, 2.24) is 0 Å². The zero-order chi connectivity index (χ0) is 11.9. The molecule has 0 aromatic heterocycles. The molecule has 3 heteroatoms. The van der Waals surface area contributed by atoms with Crippen molar-refractivity contribution in [1.29, 1.82) is 0 Å². The highest BCUT2D eigenvalue weighted by Gasteiger charge is 2.34. The topological polar surface area (TPSA) is 29.5 Å². The van der Waals surface area contributed by atoms with Crippen molar-refractivity contribution in [2.45, 2.75) is 39.4 Å². The van der Waals surface area contributed by atoms with Gasteiger partial charge in [0, 0.05) is 17.0 Å². The third kappa shape index (κ3) is 2.18. The Hall–Kier alpha value is -0.730. The highest BCUT2D eigenvalue weighted by Crippen LogP contribution is 2.41. The van der Waals surface area contributed by atoms with Gasteiger partial charge in [-0.15, -0.1) is 0 Å². The zero-order valence-electron chi connectivity index (χ0n) is 9.83. The molecule has 2 rings (SSSR count). The smallest absolute Gasteiger partial charge is 0.125 e. The SMILES string of the molecule is CC(C)(C)C1CC(O)c2cc(Cl)ccc2O1. The molecule has 1 aromatic rings. The molecule has 0 radical (unpaired) electrons.